The van der Waals surface area contributed by atoms with Crippen LogP contribution in [0.4, 0.5) is 11.6 Å². The third-order valence-corrected chi connectivity index (χ3v) is 8.27. The first-order chi connectivity index (χ1) is 18.6. The summed E-state index contributed by atoms with van der Waals surface area (Å²) in [7, 11) is 0. The Morgan fingerprint density at radius 1 is 1.11 bits per heavy atom. The van der Waals surface area contributed by atoms with Crippen molar-refractivity contribution in [2.75, 3.05) is 56.4 Å². The molecule has 0 saturated carbocycles. The van der Waals surface area contributed by atoms with E-state index < -0.39 is 0 Å². The fourth-order valence-electron chi connectivity index (χ4n) is 5.03. The standard InChI is InChI=1S/C26H28N8O3S/c27-25-29-24-23(21-14-20(30-34(21)25)22-2-1-13-36-22)38-26(35)33(24)12-9-31-7-10-32(11-8-31)17-3-5-18(6-4-17)37-19-15-28-16-19/h1-6,13-14,19,28H,7-12,15-16H2,(H2,27,29). The molecule has 38 heavy (non-hydrogen) atoms. The van der Waals surface area contributed by atoms with E-state index in [1.54, 1.807) is 15.3 Å². The lowest BCUT2D eigenvalue weighted by atomic mass is 10.2. The zero-order chi connectivity index (χ0) is 25.6. The highest BCUT2D eigenvalue weighted by atomic mass is 32.1. The molecule has 0 amide bonds. The van der Waals surface area contributed by atoms with Gasteiger partial charge in [0.05, 0.1) is 11.8 Å². The van der Waals surface area contributed by atoms with E-state index in [0.29, 0.717) is 23.6 Å². The Morgan fingerprint density at radius 3 is 2.63 bits per heavy atom. The minimum Gasteiger partial charge on any atom is -0.488 e. The maximum Gasteiger partial charge on any atom is 0.309 e. The molecule has 0 radical (unpaired) electrons. The summed E-state index contributed by atoms with van der Waals surface area (Å²) in [5.74, 6) is 1.81. The summed E-state index contributed by atoms with van der Waals surface area (Å²) in [4.78, 5) is 22.3. The van der Waals surface area contributed by atoms with Crippen molar-refractivity contribution >= 4 is 38.8 Å². The second kappa shape index (κ2) is 9.46. The van der Waals surface area contributed by atoms with Gasteiger partial charge in [-0.25, -0.2) is 0 Å². The number of fused-ring (bicyclic) bond motifs is 3. The molecule has 2 aliphatic rings. The van der Waals surface area contributed by atoms with Crippen LogP contribution in [0.1, 0.15) is 0 Å². The Morgan fingerprint density at radius 2 is 1.92 bits per heavy atom. The van der Waals surface area contributed by atoms with Gasteiger partial charge in [0.25, 0.3) is 0 Å². The van der Waals surface area contributed by atoms with Gasteiger partial charge in [-0.1, -0.05) is 11.3 Å². The van der Waals surface area contributed by atoms with Gasteiger partial charge < -0.3 is 25.1 Å². The molecule has 11 nitrogen and oxygen atoms in total. The topological polar surface area (TPSA) is 119 Å². The summed E-state index contributed by atoms with van der Waals surface area (Å²) in [6, 6.07) is 13.9. The molecule has 196 valence electrons. The average molecular weight is 533 g/mol. The minimum absolute atomic E-state index is 0.0422. The van der Waals surface area contributed by atoms with Gasteiger partial charge in [-0.05, 0) is 42.5 Å². The van der Waals surface area contributed by atoms with E-state index in [9.17, 15) is 4.79 Å². The van der Waals surface area contributed by atoms with Crippen LogP contribution in [-0.4, -0.2) is 76.0 Å². The van der Waals surface area contributed by atoms with Crippen molar-refractivity contribution < 1.29 is 9.15 Å². The van der Waals surface area contributed by atoms with Crippen molar-refractivity contribution in [1.29, 1.82) is 0 Å². The molecule has 12 heteroatoms. The summed E-state index contributed by atoms with van der Waals surface area (Å²) >= 11 is 1.18. The molecular weight excluding hydrogens is 504 g/mol. The molecule has 0 unspecified atom stereocenters. The van der Waals surface area contributed by atoms with Crippen LogP contribution in [0.5, 0.6) is 5.75 Å². The summed E-state index contributed by atoms with van der Waals surface area (Å²) in [5, 5.41) is 7.75. The van der Waals surface area contributed by atoms with Crippen molar-refractivity contribution in [3.05, 3.63) is 58.4 Å². The first kappa shape index (κ1) is 23.3. The van der Waals surface area contributed by atoms with E-state index in [-0.39, 0.29) is 16.9 Å². The fourth-order valence-corrected chi connectivity index (χ4v) is 5.99. The first-order valence-electron chi connectivity index (χ1n) is 12.8. The van der Waals surface area contributed by atoms with Crippen LogP contribution in [0.25, 0.3) is 27.3 Å². The van der Waals surface area contributed by atoms with Gasteiger partial charge >= 0.3 is 4.87 Å². The smallest absolute Gasteiger partial charge is 0.309 e. The van der Waals surface area contributed by atoms with Crippen molar-refractivity contribution in [3.8, 4) is 17.2 Å². The van der Waals surface area contributed by atoms with E-state index in [1.807, 2.05) is 18.2 Å². The highest BCUT2D eigenvalue weighted by Gasteiger charge is 2.22. The molecule has 0 atom stereocenters. The number of nitrogens with one attached hydrogen (secondary N) is 1. The lowest BCUT2D eigenvalue weighted by molar-refractivity contribution is 0.142. The molecule has 0 spiro atoms. The predicted octanol–water partition coefficient (Wildman–Crippen LogP) is 2.12. The summed E-state index contributed by atoms with van der Waals surface area (Å²) < 4.78 is 15.5. The lowest BCUT2D eigenvalue weighted by Crippen LogP contribution is -2.50. The van der Waals surface area contributed by atoms with Gasteiger partial charge in [0.15, 0.2) is 11.4 Å². The SMILES string of the molecule is Nc1nc2c(sc(=O)n2CCN2CCN(c3ccc(OC4CNC4)cc3)CC2)c2cc(-c3ccco3)nn12. The van der Waals surface area contributed by atoms with Gasteiger partial charge in [0.2, 0.25) is 5.95 Å². The largest absolute Gasteiger partial charge is 0.488 e. The van der Waals surface area contributed by atoms with Crippen LogP contribution in [0.2, 0.25) is 0 Å². The molecule has 4 aromatic heterocycles. The number of nitrogen functional groups attached to an aromatic ring is 1. The van der Waals surface area contributed by atoms with Crippen LogP contribution >= 0.6 is 11.3 Å². The van der Waals surface area contributed by atoms with Gasteiger partial charge in [0.1, 0.15) is 22.2 Å². The third kappa shape index (κ3) is 4.20. The Hall–Kier alpha value is -3.87. The molecule has 6 heterocycles. The molecule has 2 fully saturated rings. The zero-order valence-electron chi connectivity index (χ0n) is 20.7. The molecule has 2 saturated heterocycles. The van der Waals surface area contributed by atoms with Gasteiger partial charge in [-0.15, -0.1) is 0 Å². The number of aromatic nitrogens is 4. The highest BCUT2D eigenvalue weighted by molar-refractivity contribution is 7.17. The molecule has 2 aliphatic heterocycles. The molecule has 0 aliphatic carbocycles. The van der Waals surface area contributed by atoms with Crippen molar-refractivity contribution in [2.45, 2.75) is 12.6 Å². The van der Waals surface area contributed by atoms with Crippen LogP contribution in [0, 0.1) is 0 Å². The molecular formula is C26H28N8O3S. The lowest BCUT2D eigenvalue weighted by Gasteiger charge is -2.36. The summed E-state index contributed by atoms with van der Waals surface area (Å²) in [6.07, 6.45) is 1.89. The number of hydrogen-bond acceptors (Lipinski definition) is 10. The molecule has 3 N–H and O–H groups in total. The number of rotatable bonds is 7. The molecule has 5 aromatic rings. The predicted molar refractivity (Wildman–Crippen MR) is 147 cm³/mol. The highest BCUT2D eigenvalue weighted by Crippen LogP contribution is 2.28. The third-order valence-electron chi connectivity index (χ3n) is 7.28. The monoisotopic (exact) mass is 532 g/mol. The number of anilines is 2. The fraction of sp³-hybridized carbons (Fsp3) is 0.346. The quantitative estimate of drug-likeness (QED) is 0.325. The average Bonchev–Trinajstić information content (AvgIpc) is 3.65. The number of benzene rings is 1. The van der Waals surface area contributed by atoms with E-state index >= 15 is 0 Å². The number of furan rings is 1. The second-order valence-electron chi connectivity index (χ2n) is 9.67. The summed E-state index contributed by atoms with van der Waals surface area (Å²) in [6.45, 7) is 6.89. The van der Waals surface area contributed by atoms with Crippen molar-refractivity contribution in [1.82, 2.24) is 29.4 Å². The molecule has 1 aromatic carbocycles. The van der Waals surface area contributed by atoms with Crippen LogP contribution < -0.4 is 25.6 Å². The number of ether oxygens (including phenoxy) is 1. The number of nitrogens with two attached hydrogens (primary N) is 1. The Labute approximate surface area is 222 Å². The van der Waals surface area contributed by atoms with Gasteiger partial charge in [0, 0.05) is 58.0 Å². The normalized spacial score (nSPS) is 16.9. The first-order valence-corrected chi connectivity index (χ1v) is 13.6. The van der Waals surface area contributed by atoms with Crippen LogP contribution in [0.3, 0.4) is 0 Å². The summed E-state index contributed by atoms with van der Waals surface area (Å²) in [5.41, 5.74) is 9.47. The van der Waals surface area contributed by atoms with Crippen LogP contribution in [0.15, 0.2) is 57.9 Å². The van der Waals surface area contributed by atoms with Crippen molar-refractivity contribution in [2.24, 2.45) is 0 Å². The maximum absolute atomic E-state index is 13.0. The van der Waals surface area contributed by atoms with Crippen molar-refractivity contribution in [3.63, 3.8) is 0 Å². The Bertz CT molecular complexity index is 1630. The number of piperazine rings is 1. The minimum atomic E-state index is -0.0422. The van der Waals surface area contributed by atoms with E-state index in [2.05, 4.69) is 49.5 Å². The van der Waals surface area contributed by atoms with E-state index in [1.165, 1.54) is 17.0 Å². The van der Waals surface area contributed by atoms with Crippen LogP contribution in [-0.2, 0) is 6.54 Å². The molecule has 7 rings (SSSR count). The zero-order valence-corrected chi connectivity index (χ0v) is 21.6. The Balaban J connectivity index is 1.02. The molecule has 0 bridgehead atoms. The maximum atomic E-state index is 13.0. The van der Waals surface area contributed by atoms with Gasteiger partial charge in [-0.3, -0.25) is 14.3 Å². The Kier molecular flexibility index (Phi) is 5.79. The van der Waals surface area contributed by atoms with E-state index in [4.69, 9.17) is 14.9 Å². The second-order valence-corrected chi connectivity index (χ2v) is 10.6. The van der Waals surface area contributed by atoms with Gasteiger partial charge in [-0.2, -0.15) is 14.6 Å². The van der Waals surface area contributed by atoms with E-state index in [0.717, 1.165) is 61.8 Å². The number of nitrogens with zero attached hydrogens (tertiary/aromatic N) is 6. The number of hydrogen-bond donors (Lipinski definition) is 2. The number of thiazole rings is 1.